The lowest BCUT2D eigenvalue weighted by molar-refractivity contribution is 0.423. The van der Waals surface area contributed by atoms with E-state index in [0.717, 1.165) is 5.56 Å². The number of nitrogens with one attached hydrogen (secondary N) is 1. The highest BCUT2D eigenvalue weighted by Crippen LogP contribution is 2.19. The minimum absolute atomic E-state index is 0.0102. The van der Waals surface area contributed by atoms with Crippen molar-refractivity contribution < 1.29 is 12.8 Å². The molecule has 0 saturated heterocycles. The van der Waals surface area contributed by atoms with E-state index in [1.54, 1.807) is 18.0 Å². The number of rotatable bonds is 6. The average Bonchev–Trinajstić information content (AvgIpc) is 2.32. The number of hydrogen-bond donors (Lipinski definition) is 1. The summed E-state index contributed by atoms with van der Waals surface area (Å²) >= 11 is 0. The second kappa shape index (κ2) is 6.75. The summed E-state index contributed by atoms with van der Waals surface area (Å²) in [5.41, 5.74) is 1.25. The van der Waals surface area contributed by atoms with Crippen molar-refractivity contribution in [2.75, 3.05) is 30.5 Å². The zero-order chi connectivity index (χ0) is 16.3. The Hall–Kier alpha value is -1.14. The molecule has 6 heteroatoms. The maximum absolute atomic E-state index is 14.1. The number of anilines is 1. The molecule has 0 atom stereocenters. The predicted octanol–water partition coefficient (Wildman–Crippen LogP) is 2.19. The fraction of sp³-hybridized carbons (Fsp3) is 0.600. The smallest absolute Gasteiger partial charge is 0.149 e. The summed E-state index contributed by atoms with van der Waals surface area (Å²) in [6.07, 6.45) is 1.18. The van der Waals surface area contributed by atoms with Gasteiger partial charge in [0, 0.05) is 31.9 Å². The summed E-state index contributed by atoms with van der Waals surface area (Å²) in [4.78, 5) is 1.62. The molecule has 0 spiro atoms. The molecule has 0 radical (unpaired) electrons. The normalized spacial score (nSPS) is 12.5. The summed E-state index contributed by atoms with van der Waals surface area (Å²) < 4.78 is 36.4. The largest absolute Gasteiger partial charge is 0.371 e. The monoisotopic (exact) mass is 316 g/mol. The second-order valence-electron chi connectivity index (χ2n) is 6.44. The van der Waals surface area contributed by atoms with Crippen molar-refractivity contribution in [1.29, 1.82) is 0 Å². The highest BCUT2D eigenvalue weighted by molar-refractivity contribution is 7.90. The molecule has 0 amide bonds. The van der Waals surface area contributed by atoms with Gasteiger partial charge in [-0.15, -0.1) is 0 Å². The second-order valence-corrected chi connectivity index (χ2v) is 8.70. The Labute approximate surface area is 127 Å². The first-order valence-corrected chi connectivity index (χ1v) is 8.96. The third kappa shape index (κ3) is 6.91. The minimum atomic E-state index is -3.05. The molecule has 0 saturated carbocycles. The number of hydrogen-bond acceptors (Lipinski definition) is 4. The van der Waals surface area contributed by atoms with Crippen LogP contribution in [0.25, 0.3) is 0 Å². The van der Waals surface area contributed by atoms with Crippen molar-refractivity contribution in [3.05, 3.63) is 29.6 Å². The zero-order valence-electron chi connectivity index (χ0n) is 13.4. The van der Waals surface area contributed by atoms with Gasteiger partial charge in [0.1, 0.15) is 15.7 Å². The maximum atomic E-state index is 14.1. The van der Waals surface area contributed by atoms with Gasteiger partial charge in [-0.05, 0) is 38.5 Å². The van der Waals surface area contributed by atoms with Crippen LogP contribution in [0.15, 0.2) is 18.2 Å². The van der Waals surface area contributed by atoms with E-state index in [1.807, 2.05) is 6.07 Å². The Morgan fingerprint density at radius 2 is 1.90 bits per heavy atom. The van der Waals surface area contributed by atoms with E-state index < -0.39 is 9.84 Å². The highest BCUT2D eigenvalue weighted by Gasteiger charge is 2.12. The first kappa shape index (κ1) is 17.9. The van der Waals surface area contributed by atoms with E-state index in [0.29, 0.717) is 12.2 Å². The topological polar surface area (TPSA) is 49.4 Å². The summed E-state index contributed by atoms with van der Waals surface area (Å²) in [6, 6.07) is 5.04. The highest BCUT2D eigenvalue weighted by atomic mass is 32.2. The molecule has 0 aliphatic heterocycles. The van der Waals surface area contributed by atoms with Crippen molar-refractivity contribution in [3.63, 3.8) is 0 Å². The number of nitrogens with zero attached hydrogens (tertiary/aromatic N) is 1. The number of halogens is 1. The van der Waals surface area contributed by atoms with Crippen molar-refractivity contribution in [2.24, 2.45) is 0 Å². The maximum Gasteiger partial charge on any atom is 0.149 e. The fourth-order valence-corrected chi connectivity index (χ4v) is 2.37. The molecule has 0 aliphatic carbocycles. The van der Waals surface area contributed by atoms with E-state index >= 15 is 0 Å². The van der Waals surface area contributed by atoms with E-state index in [1.165, 1.54) is 12.3 Å². The summed E-state index contributed by atoms with van der Waals surface area (Å²) in [6.45, 7) is 7.02. The van der Waals surface area contributed by atoms with Crippen molar-refractivity contribution >= 4 is 15.5 Å². The van der Waals surface area contributed by atoms with E-state index in [2.05, 4.69) is 26.1 Å². The molecule has 21 heavy (non-hydrogen) atoms. The molecular formula is C15H25FN2O2S. The molecule has 0 aliphatic rings. The van der Waals surface area contributed by atoms with Gasteiger partial charge in [0.05, 0.1) is 11.4 Å². The zero-order valence-corrected chi connectivity index (χ0v) is 14.2. The van der Waals surface area contributed by atoms with Gasteiger partial charge in [0.2, 0.25) is 0 Å². The van der Waals surface area contributed by atoms with E-state index in [9.17, 15) is 12.8 Å². The van der Waals surface area contributed by atoms with Crippen molar-refractivity contribution in [2.45, 2.75) is 32.9 Å². The van der Waals surface area contributed by atoms with Crippen LogP contribution in [0.3, 0.4) is 0 Å². The van der Waals surface area contributed by atoms with Gasteiger partial charge in [-0.25, -0.2) is 12.8 Å². The van der Waals surface area contributed by atoms with Crippen LogP contribution in [-0.2, 0) is 16.4 Å². The Bertz CT molecular complexity index is 580. The lowest BCUT2D eigenvalue weighted by Gasteiger charge is -2.22. The Morgan fingerprint density at radius 1 is 1.29 bits per heavy atom. The summed E-state index contributed by atoms with van der Waals surface area (Å²) in [7, 11) is -1.36. The van der Waals surface area contributed by atoms with Gasteiger partial charge < -0.3 is 10.2 Å². The van der Waals surface area contributed by atoms with Crippen LogP contribution in [-0.4, -0.2) is 39.6 Å². The molecule has 0 bridgehead atoms. The van der Waals surface area contributed by atoms with Gasteiger partial charge in [0.25, 0.3) is 0 Å². The van der Waals surface area contributed by atoms with Gasteiger partial charge in [0.15, 0.2) is 0 Å². The van der Waals surface area contributed by atoms with E-state index in [4.69, 9.17) is 0 Å². The molecule has 4 nitrogen and oxygen atoms in total. The molecule has 120 valence electrons. The van der Waals surface area contributed by atoms with Crippen LogP contribution in [0.4, 0.5) is 10.1 Å². The molecule has 0 aromatic heterocycles. The van der Waals surface area contributed by atoms with Crippen LogP contribution < -0.4 is 10.2 Å². The fourth-order valence-electron chi connectivity index (χ4n) is 1.76. The van der Waals surface area contributed by atoms with Crippen LogP contribution in [0.2, 0.25) is 0 Å². The van der Waals surface area contributed by atoms with E-state index in [-0.39, 0.29) is 23.7 Å². The lowest BCUT2D eigenvalue weighted by atomic mass is 10.1. The summed E-state index contributed by atoms with van der Waals surface area (Å²) in [5, 5.41) is 3.30. The number of sulfone groups is 1. The third-order valence-corrected chi connectivity index (χ3v) is 3.97. The van der Waals surface area contributed by atoms with Crippen molar-refractivity contribution in [3.8, 4) is 0 Å². The van der Waals surface area contributed by atoms with Crippen LogP contribution in [0, 0.1) is 5.82 Å². The predicted molar refractivity (Wildman–Crippen MR) is 86.0 cm³/mol. The quantitative estimate of drug-likeness (QED) is 0.874. The molecule has 1 aromatic carbocycles. The SMILES string of the molecule is CN(CCS(C)(=O)=O)c1ccc(CNC(C)(C)C)cc1F. The van der Waals surface area contributed by atoms with Crippen molar-refractivity contribution in [1.82, 2.24) is 5.32 Å². The molecule has 1 rings (SSSR count). The lowest BCUT2D eigenvalue weighted by Crippen LogP contribution is -2.35. The molecule has 0 unspecified atom stereocenters. The third-order valence-electron chi connectivity index (χ3n) is 3.04. The summed E-state index contributed by atoms with van der Waals surface area (Å²) in [5.74, 6) is -0.324. The first-order valence-electron chi connectivity index (χ1n) is 6.90. The van der Waals surface area contributed by atoms with Gasteiger partial charge in [-0.1, -0.05) is 6.07 Å². The molecule has 0 fully saturated rings. The Balaban J connectivity index is 2.73. The van der Waals surface area contributed by atoms with Gasteiger partial charge in [-0.2, -0.15) is 0 Å². The van der Waals surface area contributed by atoms with Crippen LogP contribution in [0.1, 0.15) is 26.3 Å². The minimum Gasteiger partial charge on any atom is -0.371 e. The Morgan fingerprint density at radius 3 is 2.38 bits per heavy atom. The standard InChI is InChI=1S/C15H25FN2O2S/c1-15(2,3)17-11-12-6-7-14(13(16)10-12)18(4)8-9-21(5,19)20/h6-7,10,17H,8-9,11H2,1-5H3. The van der Waals surface area contributed by atoms with Crippen LogP contribution in [0.5, 0.6) is 0 Å². The average molecular weight is 316 g/mol. The first-order chi connectivity index (χ1) is 9.48. The Kier molecular flexibility index (Phi) is 5.75. The molecule has 1 N–H and O–H groups in total. The van der Waals surface area contributed by atoms with Crippen LogP contribution >= 0.6 is 0 Å². The number of benzene rings is 1. The molecular weight excluding hydrogens is 291 g/mol. The van der Waals surface area contributed by atoms with Gasteiger partial charge in [-0.3, -0.25) is 0 Å². The molecule has 1 aromatic rings. The van der Waals surface area contributed by atoms with Gasteiger partial charge >= 0.3 is 0 Å². The molecule has 0 heterocycles.